The van der Waals surface area contributed by atoms with Gasteiger partial charge >= 0.3 is 13.5 Å². The SMILES string of the molecule is CCn1c(=O)c2c(nc(NC3CCCCC3)n2Cc2ccc(OP(=O)(O)O)cc2)n(CC)c1=O. The first-order valence-electron chi connectivity index (χ1n) is 11.6. The van der Waals surface area contributed by atoms with Crippen LogP contribution in [0.4, 0.5) is 5.95 Å². The van der Waals surface area contributed by atoms with Crippen molar-refractivity contribution in [2.45, 2.75) is 71.6 Å². The summed E-state index contributed by atoms with van der Waals surface area (Å²) in [6.07, 6.45) is 5.48. The lowest BCUT2D eigenvalue weighted by Crippen LogP contribution is -2.40. The first-order valence-corrected chi connectivity index (χ1v) is 13.1. The minimum atomic E-state index is -4.65. The van der Waals surface area contributed by atoms with E-state index in [9.17, 15) is 14.2 Å². The quantitative estimate of drug-likeness (QED) is 0.409. The van der Waals surface area contributed by atoms with Crippen LogP contribution in [0, 0.1) is 0 Å². The maximum Gasteiger partial charge on any atom is 0.524 e. The van der Waals surface area contributed by atoms with Gasteiger partial charge in [-0.15, -0.1) is 0 Å². The van der Waals surface area contributed by atoms with Gasteiger partial charge < -0.3 is 9.84 Å². The van der Waals surface area contributed by atoms with Crippen LogP contribution in [-0.4, -0.2) is 34.5 Å². The Morgan fingerprint density at radius 1 is 1.03 bits per heavy atom. The lowest BCUT2D eigenvalue weighted by Gasteiger charge is -2.23. The average Bonchev–Trinajstić information content (AvgIpc) is 3.13. The summed E-state index contributed by atoms with van der Waals surface area (Å²) in [5, 5.41) is 3.50. The minimum Gasteiger partial charge on any atom is -0.404 e. The second kappa shape index (κ2) is 9.77. The Morgan fingerprint density at radius 3 is 2.26 bits per heavy atom. The van der Waals surface area contributed by atoms with Crippen LogP contribution in [0.15, 0.2) is 33.9 Å². The van der Waals surface area contributed by atoms with Gasteiger partial charge in [0.1, 0.15) is 5.75 Å². The van der Waals surface area contributed by atoms with Crippen LogP contribution in [0.5, 0.6) is 5.75 Å². The normalized spacial score (nSPS) is 15.1. The summed E-state index contributed by atoms with van der Waals surface area (Å²) in [5.74, 6) is 0.575. The lowest BCUT2D eigenvalue weighted by molar-refractivity contribution is 0.283. The molecule has 1 saturated carbocycles. The Labute approximate surface area is 196 Å². The van der Waals surface area contributed by atoms with Gasteiger partial charge in [-0.3, -0.25) is 28.3 Å². The van der Waals surface area contributed by atoms with Gasteiger partial charge in [0.25, 0.3) is 5.56 Å². The molecule has 0 bridgehead atoms. The molecular weight excluding hydrogens is 461 g/mol. The smallest absolute Gasteiger partial charge is 0.404 e. The molecule has 3 N–H and O–H groups in total. The summed E-state index contributed by atoms with van der Waals surface area (Å²) in [5.41, 5.74) is 0.702. The maximum atomic E-state index is 13.3. The van der Waals surface area contributed by atoms with Crippen LogP contribution < -0.4 is 21.1 Å². The molecule has 0 amide bonds. The Kier molecular flexibility index (Phi) is 6.97. The van der Waals surface area contributed by atoms with E-state index < -0.39 is 13.4 Å². The number of phosphoric ester groups is 1. The molecule has 0 spiro atoms. The molecule has 1 aromatic carbocycles. The van der Waals surface area contributed by atoms with Crippen molar-refractivity contribution in [3.63, 3.8) is 0 Å². The molecule has 0 unspecified atom stereocenters. The molecule has 4 rings (SSSR count). The number of nitrogens with zero attached hydrogens (tertiary/aromatic N) is 4. The van der Waals surface area contributed by atoms with Crippen molar-refractivity contribution in [1.82, 2.24) is 18.7 Å². The van der Waals surface area contributed by atoms with Gasteiger partial charge in [0.2, 0.25) is 5.95 Å². The molecule has 0 radical (unpaired) electrons. The Balaban J connectivity index is 1.82. The number of imidazole rings is 1. The van der Waals surface area contributed by atoms with E-state index in [-0.39, 0.29) is 30.6 Å². The number of phosphoric acid groups is 1. The third-order valence-corrected chi connectivity index (χ3v) is 6.62. The van der Waals surface area contributed by atoms with E-state index in [2.05, 4.69) is 9.84 Å². The summed E-state index contributed by atoms with van der Waals surface area (Å²) in [7, 11) is -4.65. The highest BCUT2D eigenvalue weighted by atomic mass is 31.2. The molecule has 0 saturated heterocycles. The summed E-state index contributed by atoms with van der Waals surface area (Å²) in [6, 6.07) is 6.52. The van der Waals surface area contributed by atoms with Crippen LogP contribution in [0.1, 0.15) is 51.5 Å². The predicted molar refractivity (Wildman–Crippen MR) is 128 cm³/mol. The van der Waals surface area contributed by atoms with Gasteiger partial charge in [-0.05, 0) is 44.4 Å². The van der Waals surface area contributed by atoms with Gasteiger partial charge in [-0.25, -0.2) is 9.36 Å². The fraction of sp³-hybridized carbons (Fsp3) is 0.500. The predicted octanol–water partition coefficient (Wildman–Crippen LogP) is 2.66. The molecule has 12 heteroatoms. The fourth-order valence-corrected chi connectivity index (χ4v) is 4.92. The van der Waals surface area contributed by atoms with Crippen LogP contribution in [0.2, 0.25) is 0 Å². The molecule has 1 aliphatic carbocycles. The van der Waals surface area contributed by atoms with Gasteiger partial charge in [-0.2, -0.15) is 4.98 Å². The summed E-state index contributed by atoms with van der Waals surface area (Å²) in [4.78, 5) is 48.9. The molecule has 0 aliphatic heterocycles. The summed E-state index contributed by atoms with van der Waals surface area (Å²) < 4.78 is 20.2. The molecule has 2 heterocycles. The first-order chi connectivity index (χ1) is 16.2. The van der Waals surface area contributed by atoms with Crippen molar-refractivity contribution in [3.05, 3.63) is 50.7 Å². The van der Waals surface area contributed by atoms with E-state index in [0.29, 0.717) is 23.7 Å². The van der Waals surface area contributed by atoms with E-state index >= 15 is 0 Å². The van der Waals surface area contributed by atoms with Gasteiger partial charge in [0.15, 0.2) is 11.2 Å². The zero-order valence-electron chi connectivity index (χ0n) is 19.3. The van der Waals surface area contributed by atoms with Crippen molar-refractivity contribution in [2.75, 3.05) is 5.32 Å². The van der Waals surface area contributed by atoms with Crippen molar-refractivity contribution >= 4 is 24.9 Å². The van der Waals surface area contributed by atoms with Crippen LogP contribution in [0.3, 0.4) is 0 Å². The van der Waals surface area contributed by atoms with E-state index in [1.807, 2.05) is 6.92 Å². The van der Waals surface area contributed by atoms with Gasteiger partial charge in [-0.1, -0.05) is 31.4 Å². The fourth-order valence-electron chi connectivity index (χ4n) is 4.52. The monoisotopic (exact) mass is 491 g/mol. The van der Waals surface area contributed by atoms with Crippen LogP contribution in [0.25, 0.3) is 11.2 Å². The Bertz CT molecular complexity index is 1330. The molecule has 1 aliphatic rings. The highest BCUT2D eigenvalue weighted by Gasteiger charge is 2.23. The summed E-state index contributed by atoms with van der Waals surface area (Å²) in [6.45, 7) is 4.51. The number of hydrogen-bond donors (Lipinski definition) is 3. The topological polar surface area (TPSA) is 141 Å². The Morgan fingerprint density at radius 2 is 1.68 bits per heavy atom. The first kappa shape index (κ1) is 24.3. The molecule has 0 atom stereocenters. The Hall–Kier alpha value is -2.88. The molecule has 2 aromatic heterocycles. The van der Waals surface area contributed by atoms with Gasteiger partial charge in [0, 0.05) is 19.1 Å². The number of aryl methyl sites for hydroxylation is 1. The van der Waals surface area contributed by atoms with Crippen molar-refractivity contribution in [3.8, 4) is 5.75 Å². The van der Waals surface area contributed by atoms with Crippen LogP contribution in [-0.2, 0) is 24.2 Å². The second-order valence-corrected chi connectivity index (χ2v) is 9.64. The molecule has 1 fully saturated rings. The zero-order chi connectivity index (χ0) is 24.5. The molecule has 34 heavy (non-hydrogen) atoms. The standard InChI is InChI=1S/C22H30N5O6P/c1-3-25-19-18(20(28)26(4-2)22(25)29)27(21(24-19)23-16-8-6-5-7-9-16)14-15-10-12-17(13-11-15)33-34(30,31)32/h10-13,16H,3-9,14H2,1-2H3,(H,23,24)(H2,30,31,32). The number of benzene rings is 1. The largest absolute Gasteiger partial charge is 0.524 e. The average molecular weight is 491 g/mol. The van der Waals surface area contributed by atoms with Crippen LogP contribution >= 0.6 is 7.82 Å². The number of nitrogens with one attached hydrogen (secondary N) is 1. The number of rotatable bonds is 8. The zero-order valence-corrected chi connectivity index (χ0v) is 20.2. The van der Waals surface area contributed by atoms with Crippen molar-refractivity contribution < 1.29 is 18.9 Å². The maximum absolute atomic E-state index is 13.3. The second-order valence-electron chi connectivity index (χ2n) is 8.48. The number of hydrogen-bond acceptors (Lipinski definition) is 6. The third kappa shape index (κ3) is 4.96. The lowest BCUT2D eigenvalue weighted by atomic mass is 9.96. The highest BCUT2D eigenvalue weighted by molar-refractivity contribution is 7.46. The number of anilines is 1. The van der Waals surface area contributed by atoms with Crippen molar-refractivity contribution in [1.29, 1.82) is 0 Å². The van der Waals surface area contributed by atoms with E-state index in [1.165, 1.54) is 27.7 Å². The summed E-state index contributed by atoms with van der Waals surface area (Å²) >= 11 is 0. The minimum absolute atomic E-state index is 0.0429. The van der Waals surface area contributed by atoms with E-state index in [0.717, 1.165) is 31.2 Å². The third-order valence-electron chi connectivity index (χ3n) is 6.17. The molecule has 11 nitrogen and oxygen atoms in total. The van der Waals surface area contributed by atoms with E-state index in [1.54, 1.807) is 23.6 Å². The number of aromatic nitrogens is 4. The van der Waals surface area contributed by atoms with E-state index in [4.69, 9.17) is 14.8 Å². The van der Waals surface area contributed by atoms with Crippen molar-refractivity contribution in [2.24, 2.45) is 0 Å². The molecule has 3 aromatic rings. The number of fused-ring (bicyclic) bond motifs is 1. The highest BCUT2D eigenvalue weighted by Crippen LogP contribution is 2.37. The molecular formula is C22H30N5O6P. The molecule has 184 valence electrons. The van der Waals surface area contributed by atoms with Gasteiger partial charge in [0.05, 0.1) is 6.54 Å².